The largest absolute Gasteiger partial charge is 0 e. The molecule has 7 aromatic rings. The smallest absolute Gasteiger partial charge is 0 e. The fourth-order valence-corrected chi connectivity index (χ4v) is 9.31. The van der Waals surface area contributed by atoms with Gasteiger partial charge >= 0.3 is 106 Å². The maximum absolute atomic E-state index is 6.24. The van der Waals surface area contributed by atoms with Gasteiger partial charge in [0, 0.05) is 37.3 Å². The molecule has 1 radical (unpaired) electrons. The molecule has 3 aromatic heterocycles. The van der Waals surface area contributed by atoms with E-state index in [0.29, 0.717) is 5.92 Å². The Morgan fingerprint density at radius 1 is 0.739 bits per heavy atom. The first-order valence-electron chi connectivity index (χ1n) is 15.5. The predicted molar refractivity (Wildman–Crippen MR) is 192 cm³/mol. The number of aryl methyl sites for hydroxylation is 1. The molecule has 0 fully saturated rings. The zero-order valence-electron chi connectivity index (χ0n) is 27.2. The quantitative estimate of drug-likeness (QED) is 0.128. The second kappa shape index (κ2) is 14.3. The molecule has 0 amide bonds. The number of pyridine rings is 2. The predicted octanol–water partition coefficient (Wildman–Crippen LogP) is 10.6. The summed E-state index contributed by atoms with van der Waals surface area (Å²) in [6, 6.07) is 41.7. The van der Waals surface area contributed by atoms with Crippen molar-refractivity contribution in [3.63, 3.8) is 0 Å². The minimum absolute atomic E-state index is 0. The summed E-state index contributed by atoms with van der Waals surface area (Å²) >= 11 is -1.77. The van der Waals surface area contributed by atoms with E-state index >= 15 is 0 Å². The number of para-hydroxylation sites is 1. The van der Waals surface area contributed by atoms with Gasteiger partial charge in [0.1, 0.15) is 5.58 Å². The molecule has 0 aliphatic rings. The summed E-state index contributed by atoms with van der Waals surface area (Å²) < 4.78 is 7.73. The van der Waals surface area contributed by atoms with Crippen molar-refractivity contribution in [1.82, 2.24) is 9.97 Å². The molecular weight excluding hydrogens is 801 g/mol. The van der Waals surface area contributed by atoms with Gasteiger partial charge in [-0.3, -0.25) is 0 Å². The van der Waals surface area contributed by atoms with Gasteiger partial charge in [0.2, 0.25) is 0 Å². The third-order valence-corrected chi connectivity index (χ3v) is 12.6. The summed E-state index contributed by atoms with van der Waals surface area (Å²) in [6.45, 7) is 6.58. The van der Waals surface area contributed by atoms with E-state index in [-0.39, 0.29) is 20.1 Å². The molecule has 0 saturated heterocycles. The maximum atomic E-state index is 6.24. The third-order valence-electron chi connectivity index (χ3n) is 8.15. The number of furan rings is 1. The van der Waals surface area contributed by atoms with Gasteiger partial charge in [-0.05, 0) is 23.2 Å². The van der Waals surface area contributed by atoms with Crippen LogP contribution in [0.25, 0.3) is 55.6 Å². The summed E-state index contributed by atoms with van der Waals surface area (Å²) in [6.07, 6.45) is 3.95. The van der Waals surface area contributed by atoms with Crippen molar-refractivity contribution in [1.29, 1.82) is 0 Å². The molecule has 46 heavy (non-hydrogen) atoms. The Hall–Kier alpha value is -3.83. The van der Waals surface area contributed by atoms with E-state index in [1.165, 1.54) is 15.5 Å². The van der Waals surface area contributed by atoms with Gasteiger partial charge in [0.05, 0.1) is 5.58 Å². The van der Waals surface area contributed by atoms with Crippen molar-refractivity contribution in [2.45, 2.75) is 44.0 Å². The average Bonchev–Trinajstić information content (AvgIpc) is 3.43. The zero-order valence-corrected chi connectivity index (χ0v) is 31.7. The first kappa shape index (κ1) is 33.5. The van der Waals surface area contributed by atoms with E-state index in [1.807, 2.05) is 36.5 Å². The van der Waals surface area contributed by atoms with Crippen LogP contribution in [0.4, 0.5) is 0 Å². The molecule has 233 valence electrons. The van der Waals surface area contributed by atoms with Crippen LogP contribution in [0.5, 0.6) is 0 Å². The van der Waals surface area contributed by atoms with E-state index in [4.69, 9.17) is 4.42 Å². The zero-order chi connectivity index (χ0) is 31.6. The standard InChI is InChI=1S/C26H20NO.C15H18GeN.Ir/c1-17(2)19-13-14-27-24(16-19)20-11-12-25-23(15-20)22-10-6-9-21(26(22)28-25)18-7-4-3-5-8-18;1-12-10-15(13-8-6-5-7-9-13)17-11-14(12)16(2,3)4;/h3-10,12-17H,1-2H3;5-8,10-11H,1-4H3;/q2*-1;. The molecular formula is C41H38GeIrN2O-2. The number of benzene rings is 4. The summed E-state index contributed by atoms with van der Waals surface area (Å²) in [7, 11) is 0. The molecule has 0 spiro atoms. The van der Waals surface area contributed by atoms with Crippen molar-refractivity contribution in [2.75, 3.05) is 0 Å². The second-order valence-electron chi connectivity index (χ2n) is 12.8. The average molecular weight is 840 g/mol. The summed E-state index contributed by atoms with van der Waals surface area (Å²) in [5.74, 6) is 7.67. The van der Waals surface area contributed by atoms with Crippen molar-refractivity contribution in [2.24, 2.45) is 0 Å². The van der Waals surface area contributed by atoms with E-state index in [0.717, 1.165) is 55.6 Å². The molecule has 0 aliphatic carbocycles. The van der Waals surface area contributed by atoms with Crippen LogP contribution < -0.4 is 4.40 Å². The van der Waals surface area contributed by atoms with Gasteiger partial charge < -0.3 is 9.40 Å². The van der Waals surface area contributed by atoms with Crippen LogP contribution in [0.3, 0.4) is 0 Å². The molecule has 0 unspecified atom stereocenters. The maximum Gasteiger partial charge on any atom is 0 e. The minimum atomic E-state index is -1.77. The van der Waals surface area contributed by atoms with E-state index in [9.17, 15) is 0 Å². The van der Waals surface area contributed by atoms with E-state index in [2.05, 4.69) is 139 Å². The van der Waals surface area contributed by atoms with Gasteiger partial charge in [-0.15, -0.1) is 23.8 Å². The number of hydrogen-bond acceptors (Lipinski definition) is 3. The van der Waals surface area contributed by atoms with Crippen molar-refractivity contribution in [3.05, 3.63) is 139 Å². The topological polar surface area (TPSA) is 38.9 Å². The molecule has 3 nitrogen and oxygen atoms in total. The van der Waals surface area contributed by atoms with Crippen LogP contribution in [-0.2, 0) is 20.1 Å². The number of nitrogens with zero attached hydrogens (tertiary/aromatic N) is 2. The molecule has 4 aromatic carbocycles. The first-order valence-corrected chi connectivity index (χ1v) is 22.9. The Kier molecular flexibility index (Phi) is 10.4. The van der Waals surface area contributed by atoms with Crippen LogP contribution in [-0.4, -0.2) is 23.2 Å². The number of aromatic nitrogens is 2. The van der Waals surface area contributed by atoms with Gasteiger partial charge in [-0.25, -0.2) is 0 Å². The van der Waals surface area contributed by atoms with Gasteiger partial charge in [-0.2, -0.15) is 0 Å². The van der Waals surface area contributed by atoms with E-state index < -0.39 is 13.3 Å². The molecule has 0 N–H and O–H groups in total. The van der Waals surface area contributed by atoms with Crippen LogP contribution in [0.2, 0.25) is 17.3 Å². The second-order valence-corrected chi connectivity index (χ2v) is 23.4. The molecule has 3 heterocycles. The fraction of sp³-hybridized carbons (Fsp3) is 0.171. The third kappa shape index (κ3) is 7.26. The Morgan fingerprint density at radius 2 is 1.50 bits per heavy atom. The van der Waals surface area contributed by atoms with Crippen LogP contribution in [0.1, 0.15) is 30.9 Å². The monoisotopic (exact) mass is 841 g/mol. The number of hydrogen-bond donors (Lipinski definition) is 0. The van der Waals surface area contributed by atoms with Gasteiger partial charge in [0.25, 0.3) is 0 Å². The summed E-state index contributed by atoms with van der Waals surface area (Å²) in [5, 5.41) is 2.21. The molecule has 0 atom stereocenters. The molecule has 0 aliphatic heterocycles. The van der Waals surface area contributed by atoms with Crippen LogP contribution in [0.15, 0.2) is 120 Å². The van der Waals surface area contributed by atoms with Gasteiger partial charge in [0.15, 0.2) is 0 Å². The Bertz CT molecular complexity index is 2080. The Balaban J connectivity index is 0.000000200. The molecule has 0 bridgehead atoms. The Morgan fingerprint density at radius 3 is 2.20 bits per heavy atom. The molecule has 5 heteroatoms. The van der Waals surface area contributed by atoms with E-state index in [1.54, 1.807) is 0 Å². The fourth-order valence-electron chi connectivity index (χ4n) is 5.73. The Labute approximate surface area is 288 Å². The number of rotatable bonds is 5. The SMILES string of the molecule is CC(C)c1ccnc(-c2[c-]cc3oc4c(-c5ccccc5)cccc4c3c2)c1.Cc1cc(-c2[c-]cccc2)nc[c]1[Ge]([CH3])([CH3])[CH3].[Ir]. The van der Waals surface area contributed by atoms with Crippen LogP contribution >= 0.6 is 0 Å². The minimum Gasteiger partial charge on any atom is 0 e. The normalized spacial score (nSPS) is 11.3. The molecule has 0 saturated carbocycles. The summed E-state index contributed by atoms with van der Waals surface area (Å²) in [4.78, 5) is 9.16. The van der Waals surface area contributed by atoms with Gasteiger partial charge in [-0.1, -0.05) is 79.4 Å². The van der Waals surface area contributed by atoms with Crippen LogP contribution in [0, 0.1) is 19.1 Å². The first-order chi connectivity index (χ1) is 21.7. The summed E-state index contributed by atoms with van der Waals surface area (Å²) in [5.41, 5.74) is 10.7. The van der Waals surface area contributed by atoms with Crippen molar-refractivity contribution in [3.8, 4) is 33.6 Å². The van der Waals surface area contributed by atoms with Crippen molar-refractivity contribution < 1.29 is 24.5 Å². The number of fused-ring (bicyclic) bond motifs is 3. The van der Waals surface area contributed by atoms with Crippen molar-refractivity contribution >= 4 is 39.6 Å². The molecule has 7 rings (SSSR count).